The van der Waals surface area contributed by atoms with Crippen LogP contribution in [0.1, 0.15) is 625 Å². The molecule has 3 amide bonds. The quantitative estimate of drug-likeness (QED) is 0.0332. The first-order chi connectivity index (χ1) is 64.2. The fourth-order valence-corrected chi connectivity index (χ4v) is 20.8. The van der Waals surface area contributed by atoms with Gasteiger partial charge in [-0.05, 0) is 77.2 Å². The molecule has 5 rings (SSSR count). The minimum absolute atomic E-state index is 0.00382. The Kier molecular flexibility index (Phi) is 75.2. The number of ketones is 1. The molecular weight excluding hydrogens is 1590 g/mol. The summed E-state index contributed by atoms with van der Waals surface area (Å²) >= 11 is 0. The number of fused-ring (bicyclic) bond motifs is 6. The van der Waals surface area contributed by atoms with Gasteiger partial charge in [-0.15, -0.1) is 0 Å². The van der Waals surface area contributed by atoms with Gasteiger partial charge in [-0.3, -0.25) is 28.8 Å². The van der Waals surface area contributed by atoms with E-state index < -0.39 is 0 Å². The molecular formula is C121H207N3O6. The second kappa shape index (κ2) is 84.6. The zero-order chi connectivity index (χ0) is 92.2. The molecule has 0 fully saturated rings. The first-order valence-corrected chi connectivity index (χ1v) is 58.1. The Balaban J connectivity index is 0.728. The lowest BCUT2D eigenvalue weighted by molar-refractivity contribution is -0.121. The molecule has 0 saturated heterocycles. The van der Waals surface area contributed by atoms with Crippen molar-refractivity contribution in [1.82, 2.24) is 16.0 Å². The van der Waals surface area contributed by atoms with Crippen molar-refractivity contribution in [1.29, 1.82) is 0 Å². The van der Waals surface area contributed by atoms with Crippen LogP contribution >= 0.6 is 0 Å². The second-order valence-corrected chi connectivity index (χ2v) is 41.5. The topological polar surface area (TPSA) is 139 Å². The highest BCUT2D eigenvalue weighted by molar-refractivity contribution is 6.22. The molecule has 5 aromatic rings. The van der Waals surface area contributed by atoms with Gasteiger partial charge in [0.25, 0.3) is 11.8 Å². The minimum Gasteiger partial charge on any atom is -0.354 e. The van der Waals surface area contributed by atoms with Crippen molar-refractivity contribution in [2.75, 3.05) is 19.6 Å². The Morgan fingerprint density at radius 3 is 0.577 bits per heavy atom. The maximum Gasteiger partial charge on any atom is 0.251 e. The van der Waals surface area contributed by atoms with Gasteiger partial charge in [0.05, 0.1) is 0 Å². The molecule has 0 atom stereocenters. The molecule has 0 spiro atoms. The van der Waals surface area contributed by atoms with Gasteiger partial charge in [0, 0.05) is 71.6 Å². The van der Waals surface area contributed by atoms with Gasteiger partial charge < -0.3 is 16.0 Å². The van der Waals surface area contributed by atoms with E-state index in [1.807, 2.05) is 0 Å². The molecule has 130 heavy (non-hydrogen) atoms. The van der Waals surface area contributed by atoms with E-state index in [1.165, 1.54) is 539 Å². The predicted molar refractivity (Wildman–Crippen MR) is 570 cm³/mol. The van der Waals surface area contributed by atoms with E-state index >= 15 is 0 Å². The summed E-state index contributed by atoms with van der Waals surface area (Å²) in [4.78, 5) is 79.9. The van der Waals surface area contributed by atoms with Gasteiger partial charge in [0.15, 0.2) is 10.9 Å². The summed E-state index contributed by atoms with van der Waals surface area (Å²) in [6, 6.07) is 13.8. The lowest BCUT2D eigenvalue weighted by atomic mass is 10.0. The third-order valence-electron chi connectivity index (χ3n) is 29.5. The van der Waals surface area contributed by atoms with Crippen LogP contribution in [0.15, 0.2) is 58.1 Å². The Labute approximate surface area is 801 Å². The van der Waals surface area contributed by atoms with Gasteiger partial charge >= 0.3 is 0 Å². The SMILES string of the molecule is CCCCCCCCCCCCCCCCCCCCCCCCCCCCCCCCCCCCCCCCCCCCCCCC(=O)CCCNC(=O)c1ccc2c(c1)c(=O)c1cc3c(cc12)c(=O)c1cc(C(=O)NCCNC(=O)CCCCCCCCCCCCCCCCCCCCCCCCCCCCCCCCCCCCCCCCCCCCC)ccc13. The van der Waals surface area contributed by atoms with Crippen LogP contribution in [0.25, 0.3) is 43.1 Å². The Hall–Kier alpha value is -4.92. The van der Waals surface area contributed by atoms with Crippen LogP contribution in [-0.2, 0) is 9.59 Å². The highest BCUT2D eigenvalue weighted by Crippen LogP contribution is 2.34. The van der Waals surface area contributed by atoms with E-state index in [-0.39, 0.29) is 40.9 Å². The molecule has 742 valence electrons. The van der Waals surface area contributed by atoms with Crippen LogP contribution < -0.4 is 26.8 Å². The van der Waals surface area contributed by atoms with E-state index in [0.717, 1.165) is 25.7 Å². The van der Waals surface area contributed by atoms with Crippen LogP contribution in [0, 0.1) is 0 Å². The van der Waals surface area contributed by atoms with Crippen molar-refractivity contribution in [3.63, 3.8) is 0 Å². The zero-order valence-corrected chi connectivity index (χ0v) is 85.7. The zero-order valence-electron chi connectivity index (χ0n) is 85.7. The molecule has 0 aliphatic carbocycles. The van der Waals surface area contributed by atoms with Crippen LogP contribution in [-0.4, -0.2) is 43.1 Å². The largest absolute Gasteiger partial charge is 0.354 e. The van der Waals surface area contributed by atoms with Crippen molar-refractivity contribution in [3.8, 4) is 0 Å². The van der Waals surface area contributed by atoms with Crippen molar-refractivity contribution in [2.24, 2.45) is 0 Å². The highest BCUT2D eigenvalue weighted by atomic mass is 16.2. The summed E-state index contributed by atoms with van der Waals surface area (Å²) < 4.78 is 0. The highest BCUT2D eigenvalue weighted by Gasteiger charge is 2.20. The number of benzene rings is 3. The Morgan fingerprint density at radius 2 is 0.354 bits per heavy atom. The van der Waals surface area contributed by atoms with Gasteiger partial charge in [-0.1, -0.05) is 578 Å². The number of Topliss-reactive ketones (excluding diaryl/α,β-unsaturated/α-hetero) is 1. The predicted octanol–water partition coefficient (Wildman–Crippen LogP) is 38.0. The normalized spacial score (nSPS) is 11.8. The number of carbonyl (C=O) groups is 4. The fraction of sp³-hybridized carbons (Fsp3) is 0.802. The fourth-order valence-electron chi connectivity index (χ4n) is 20.8. The molecule has 0 aliphatic heterocycles. The van der Waals surface area contributed by atoms with Crippen LogP contribution in [0.4, 0.5) is 0 Å². The molecule has 0 aromatic heterocycles. The average molecular weight is 1800 g/mol. The van der Waals surface area contributed by atoms with Gasteiger partial charge in [0.2, 0.25) is 5.91 Å². The third kappa shape index (κ3) is 59.8. The third-order valence-corrected chi connectivity index (χ3v) is 29.5. The smallest absolute Gasteiger partial charge is 0.251 e. The van der Waals surface area contributed by atoms with Crippen molar-refractivity contribution in [3.05, 3.63) is 80.1 Å². The molecule has 0 aliphatic rings. The molecule has 9 heteroatoms. The summed E-state index contributed by atoms with van der Waals surface area (Å²) in [7, 11) is 0. The van der Waals surface area contributed by atoms with E-state index in [9.17, 15) is 28.8 Å². The van der Waals surface area contributed by atoms with Crippen molar-refractivity contribution >= 4 is 66.6 Å². The van der Waals surface area contributed by atoms with Gasteiger partial charge in [0.1, 0.15) is 5.78 Å². The summed E-state index contributed by atoms with van der Waals surface area (Å²) in [6.45, 7) is 5.60. The monoisotopic (exact) mass is 1800 g/mol. The van der Waals surface area contributed by atoms with Crippen molar-refractivity contribution in [2.45, 2.75) is 605 Å². The summed E-state index contributed by atoms with van der Waals surface area (Å²) in [5.74, 6) is -0.353. The molecule has 0 bridgehead atoms. The number of amides is 3. The lowest BCUT2D eigenvalue weighted by Gasteiger charge is -2.08. The first-order valence-electron chi connectivity index (χ1n) is 58.1. The number of hydrogen-bond acceptors (Lipinski definition) is 6. The maximum absolute atomic E-state index is 14.0. The number of rotatable bonds is 99. The minimum atomic E-state index is -0.323. The number of carbonyl (C=O) groups excluding carboxylic acids is 4. The molecule has 0 radical (unpaired) electrons. The molecule has 0 saturated carbocycles. The number of unbranched alkanes of at least 4 members (excludes halogenated alkanes) is 86. The molecule has 9 nitrogen and oxygen atoms in total. The molecule has 0 heterocycles. The second-order valence-electron chi connectivity index (χ2n) is 41.5. The average Bonchev–Trinajstić information content (AvgIpc) is 1.57. The van der Waals surface area contributed by atoms with E-state index in [1.54, 1.807) is 48.5 Å². The summed E-state index contributed by atoms with van der Waals surface area (Å²) in [5, 5.41) is 13.2. The maximum atomic E-state index is 14.0. The summed E-state index contributed by atoms with van der Waals surface area (Å²) in [5.41, 5.74) is 0.325. The Bertz CT molecular complexity index is 3430. The Morgan fingerprint density at radius 1 is 0.177 bits per heavy atom. The molecule has 5 aromatic carbocycles. The van der Waals surface area contributed by atoms with Gasteiger partial charge in [-0.2, -0.15) is 0 Å². The van der Waals surface area contributed by atoms with Crippen LogP contribution in [0.5, 0.6) is 0 Å². The number of hydrogen-bond donors (Lipinski definition) is 3. The summed E-state index contributed by atoms with van der Waals surface area (Å²) in [6.07, 6.45) is 126. The van der Waals surface area contributed by atoms with Gasteiger partial charge in [-0.25, -0.2) is 0 Å². The number of nitrogens with one attached hydrogen (secondary N) is 3. The van der Waals surface area contributed by atoms with E-state index in [2.05, 4.69) is 29.8 Å². The van der Waals surface area contributed by atoms with Crippen LogP contribution in [0.2, 0.25) is 0 Å². The van der Waals surface area contributed by atoms with Crippen LogP contribution in [0.3, 0.4) is 0 Å². The van der Waals surface area contributed by atoms with E-state index in [0.29, 0.717) is 93.0 Å². The first kappa shape index (κ1) is 116. The molecule has 3 N–H and O–H groups in total. The lowest BCUT2D eigenvalue weighted by Crippen LogP contribution is -2.34. The van der Waals surface area contributed by atoms with E-state index in [4.69, 9.17) is 0 Å². The molecule has 0 unspecified atom stereocenters. The standard InChI is InChI=1S/C121H207N3O6/c1-3-5-7-9-11-13-15-17-19-21-23-25-27-29-31-33-35-37-39-41-43-45-47-48-50-51-53-55-57-59-61-63-65-67-69-71-73-75-77-79-81-83-85-87-89-92-108(125)93-91-99-123-120(129)106-95-97-109-111-104-116-112(105-115(111)118(127)113(109)102-106)110-98-96-107(103-114(110)119(116)128)121(130)124-101-100-122-117(126)94-90-88-86-84-82-80-78-76-74-72-70-68-66-64-62-60-58-56-54-52-49-46-44-42-40-38-36-34-32-30-28-26-24-22-20-18-16-14-12-10-8-6-4-2/h95-98,102-105H,3-94,99-101H2,1-2H3,(H,122,126)(H,123,129)(H,124,130). The van der Waals surface area contributed by atoms with Crippen molar-refractivity contribution < 1.29 is 19.2 Å².